The largest absolute Gasteiger partial charge is 0.508 e. The lowest BCUT2D eigenvalue weighted by molar-refractivity contribution is 0.254. The number of hydrogen-bond acceptors (Lipinski definition) is 8. The minimum Gasteiger partial charge on any atom is -0.508 e. The van der Waals surface area contributed by atoms with Gasteiger partial charge in [-0.1, -0.05) is 0 Å². The van der Waals surface area contributed by atoms with Crippen LogP contribution < -0.4 is 15.5 Å². The van der Waals surface area contributed by atoms with Gasteiger partial charge < -0.3 is 25.0 Å². The number of nitrogens with zero attached hydrogens (tertiary/aromatic N) is 7. The maximum absolute atomic E-state index is 15.0. The molecule has 0 radical (unpaired) electrons. The molecular formula is C25H25FN8O3. The number of ether oxygens (including phenoxy) is 1. The van der Waals surface area contributed by atoms with Crippen molar-refractivity contribution in [1.29, 1.82) is 0 Å². The van der Waals surface area contributed by atoms with E-state index in [0.29, 0.717) is 29.4 Å². The minimum absolute atomic E-state index is 0.0677. The van der Waals surface area contributed by atoms with Crippen molar-refractivity contribution in [2.24, 2.45) is 10.8 Å². The van der Waals surface area contributed by atoms with E-state index in [0.717, 1.165) is 17.6 Å². The molecule has 2 aromatic heterocycles. The second kappa shape index (κ2) is 11.3. The lowest BCUT2D eigenvalue weighted by atomic mass is 10.2. The highest BCUT2D eigenvalue weighted by atomic mass is 19.1. The van der Waals surface area contributed by atoms with E-state index in [-0.39, 0.29) is 17.2 Å². The quantitative estimate of drug-likeness (QED) is 0.263. The SMILES string of the molecule is CN(C)CCn1cnnc1-c1cc(Oc2ccc(N(/N=C/c3ccc(O)cc3)C(N)=O)cc2F)ccn1. The van der Waals surface area contributed by atoms with Gasteiger partial charge in [0.05, 0.1) is 11.9 Å². The number of carbonyl (C=O) groups excluding carboxylic acids is 1. The maximum Gasteiger partial charge on any atom is 0.340 e. The number of phenolic OH excluding ortho intramolecular Hbond substituents is 1. The van der Waals surface area contributed by atoms with E-state index >= 15 is 0 Å². The van der Waals surface area contributed by atoms with Crippen LogP contribution in [0.5, 0.6) is 17.2 Å². The summed E-state index contributed by atoms with van der Waals surface area (Å²) < 4.78 is 22.6. The zero-order chi connectivity index (χ0) is 26.4. The average Bonchev–Trinajstić information content (AvgIpc) is 3.34. The van der Waals surface area contributed by atoms with Crippen LogP contribution in [0.25, 0.3) is 11.5 Å². The third kappa shape index (κ3) is 6.44. The normalized spacial score (nSPS) is 11.2. The number of aromatic nitrogens is 4. The Hall–Kier alpha value is -4.84. The molecule has 2 heterocycles. The summed E-state index contributed by atoms with van der Waals surface area (Å²) in [5.74, 6) is 0.203. The molecule has 0 saturated carbocycles. The second-order valence-corrected chi connectivity index (χ2v) is 8.23. The summed E-state index contributed by atoms with van der Waals surface area (Å²) in [4.78, 5) is 18.3. The Morgan fingerprint density at radius 1 is 1.19 bits per heavy atom. The number of likely N-dealkylation sites (N-methyl/N-ethyl adjacent to an activating group) is 1. The predicted molar refractivity (Wildman–Crippen MR) is 136 cm³/mol. The number of hydrazone groups is 1. The van der Waals surface area contributed by atoms with E-state index in [1.165, 1.54) is 36.7 Å². The van der Waals surface area contributed by atoms with E-state index < -0.39 is 11.8 Å². The summed E-state index contributed by atoms with van der Waals surface area (Å²) in [5.41, 5.74) is 6.68. The molecule has 0 bridgehead atoms. The van der Waals surface area contributed by atoms with E-state index in [1.807, 2.05) is 23.6 Å². The minimum atomic E-state index is -0.903. The summed E-state index contributed by atoms with van der Waals surface area (Å²) in [7, 11) is 3.95. The van der Waals surface area contributed by atoms with Crippen LogP contribution >= 0.6 is 0 Å². The number of halogens is 1. The van der Waals surface area contributed by atoms with Gasteiger partial charge in [-0.2, -0.15) is 10.1 Å². The number of urea groups is 1. The number of benzene rings is 2. The molecule has 2 amide bonds. The van der Waals surface area contributed by atoms with Gasteiger partial charge in [0.15, 0.2) is 17.4 Å². The Morgan fingerprint density at radius 3 is 2.68 bits per heavy atom. The summed E-state index contributed by atoms with van der Waals surface area (Å²) in [5, 5.41) is 22.4. The lowest BCUT2D eigenvalue weighted by Gasteiger charge is -2.16. The predicted octanol–water partition coefficient (Wildman–Crippen LogP) is 3.46. The standard InChI is InChI=1S/C25H25FN8O3/c1-32(2)11-12-33-16-29-31-24(33)22-14-20(9-10-28-22)37-23-8-5-18(13-21(23)26)34(25(27)36)30-15-17-3-6-19(35)7-4-17/h3-10,13-16,35H,11-12H2,1-2H3,(H2,27,36)/b30-15+. The number of pyridine rings is 1. The van der Waals surface area contributed by atoms with Gasteiger partial charge in [-0.25, -0.2) is 9.18 Å². The fourth-order valence-electron chi connectivity index (χ4n) is 3.29. The number of anilines is 1. The number of nitrogens with two attached hydrogens (primary N) is 1. The van der Waals surface area contributed by atoms with Gasteiger partial charge in [0.1, 0.15) is 23.5 Å². The number of rotatable bonds is 9. The molecule has 0 aliphatic rings. The van der Waals surface area contributed by atoms with E-state index in [1.54, 1.807) is 30.6 Å². The van der Waals surface area contributed by atoms with Crippen molar-refractivity contribution in [2.45, 2.75) is 6.54 Å². The molecule has 0 aliphatic carbocycles. The highest BCUT2D eigenvalue weighted by Gasteiger charge is 2.16. The van der Waals surface area contributed by atoms with Crippen molar-refractivity contribution in [2.75, 3.05) is 25.6 Å². The van der Waals surface area contributed by atoms with E-state index in [2.05, 4.69) is 20.3 Å². The van der Waals surface area contributed by atoms with Crippen LogP contribution in [0.1, 0.15) is 5.56 Å². The lowest BCUT2D eigenvalue weighted by Crippen LogP contribution is -2.31. The average molecular weight is 505 g/mol. The van der Waals surface area contributed by atoms with Gasteiger partial charge >= 0.3 is 6.03 Å². The molecule has 0 atom stereocenters. The Labute approximate surface area is 212 Å². The molecule has 3 N–H and O–H groups in total. The summed E-state index contributed by atoms with van der Waals surface area (Å²) in [6.07, 6.45) is 4.53. The van der Waals surface area contributed by atoms with Crippen LogP contribution in [0.3, 0.4) is 0 Å². The molecule has 11 nitrogen and oxygen atoms in total. The van der Waals surface area contributed by atoms with Gasteiger partial charge in [-0.3, -0.25) is 4.98 Å². The van der Waals surface area contributed by atoms with Crippen molar-refractivity contribution < 1.29 is 19.0 Å². The van der Waals surface area contributed by atoms with Crippen LogP contribution in [-0.2, 0) is 6.54 Å². The van der Waals surface area contributed by atoms with Gasteiger partial charge in [0.25, 0.3) is 0 Å². The van der Waals surface area contributed by atoms with Gasteiger partial charge in [-0.05, 0) is 62.1 Å². The molecule has 0 spiro atoms. The molecule has 4 rings (SSSR count). The number of primary amides is 1. The molecule has 190 valence electrons. The zero-order valence-electron chi connectivity index (χ0n) is 20.2. The first-order valence-corrected chi connectivity index (χ1v) is 11.2. The van der Waals surface area contributed by atoms with Crippen molar-refractivity contribution in [3.8, 4) is 28.8 Å². The smallest absolute Gasteiger partial charge is 0.340 e. The van der Waals surface area contributed by atoms with Crippen LogP contribution in [0, 0.1) is 5.82 Å². The molecule has 0 saturated heterocycles. The number of hydrogen-bond donors (Lipinski definition) is 2. The van der Waals surface area contributed by atoms with E-state index in [4.69, 9.17) is 10.5 Å². The molecule has 0 unspecified atom stereocenters. The van der Waals surface area contributed by atoms with Gasteiger partial charge in [-0.15, -0.1) is 10.2 Å². The topological polar surface area (TPSA) is 135 Å². The van der Waals surface area contributed by atoms with Crippen LogP contribution in [0.4, 0.5) is 14.9 Å². The molecule has 12 heteroatoms. The molecule has 37 heavy (non-hydrogen) atoms. The first-order valence-electron chi connectivity index (χ1n) is 11.2. The van der Waals surface area contributed by atoms with Gasteiger partial charge in [0, 0.05) is 31.4 Å². The molecule has 4 aromatic rings. The highest BCUT2D eigenvalue weighted by Crippen LogP contribution is 2.30. The zero-order valence-corrected chi connectivity index (χ0v) is 20.2. The number of carbonyl (C=O) groups is 1. The summed E-state index contributed by atoms with van der Waals surface area (Å²) in [6, 6.07) is 12.4. The summed E-state index contributed by atoms with van der Waals surface area (Å²) in [6.45, 7) is 1.46. The first-order chi connectivity index (χ1) is 17.8. The van der Waals surface area contributed by atoms with Crippen LogP contribution in [0.2, 0.25) is 0 Å². The fourth-order valence-corrected chi connectivity index (χ4v) is 3.29. The third-order valence-corrected chi connectivity index (χ3v) is 5.18. The molecular weight excluding hydrogens is 479 g/mol. The fraction of sp³-hybridized carbons (Fsp3) is 0.160. The van der Waals surface area contributed by atoms with Crippen molar-refractivity contribution in [1.82, 2.24) is 24.6 Å². The first kappa shape index (κ1) is 25.3. The number of amides is 2. The monoisotopic (exact) mass is 504 g/mol. The Morgan fingerprint density at radius 2 is 1.97 bits per heavy atom. The second-order valence-electron chi connectivity index (χ2n) is 8.23. The Bertz CT molecular complexity index is 1410. The van der Waals surface area contributed by atoms with Gasteiger partial charge in [0.2, 0.25) is 0 Å². The number of aromatic hydroxyl groups is 1. The Balaban J connectivity index is 1.52. The number of phenols is 1. The third-order valence-electron chi connectivity index (χ3n) is 5.18. The molecule has 0 fully saturated rings. The summed E-state index contributed by atoms with van der Waals surface area (Å²) >= 11 is 0. The maximum atomic E-state index is 15.0. The molecule has 2 aromatic carbocycles. The highest BCUT2D eigenvalue weighted by molar-refractivity contribution is 5.93. The molecule has 0 aliphatic heterocycles. The van der Waals surface area contributed by atoms with Crippen molar-refractivity contribution in [3.05, 3.63) is 78.5 Å². The van der Waals surface area contributed by atoms with Crippen molar-refractivity contribution >= 4 is 17.9 Å². The van der Waals surface area contributed by atoms with Crippen LogP contribution in [0.15, 0.2) is 72.2 Å². The van der Waals surface area contributed by atoms with E-state index in [9.17, 15) is 14.3 Å². The Kier molecular flexibility index (Phi) is 7.69. The van der Waals surface area contributed by atoms with Crippen LogP contribution in [-0.4, -0.2) is 62.6 Å². The van der Waals surface area contributed by atoms with Crippen molar-refractivity contribution in [3.63, 3.8) is 0 Å².